The maximum atomic E-state index is 13.5. The Hall–Kier alpha value is -1.74. The molecule has 0 aromatic heterocycles. The molecule has 0 amide bonds. The molecule has 2 nitrogen and oxygen atoms in total. The summed E-state index contributed by atoms with van der Waals surface area (Å²) in [6, 6.07) is 9.27. The van der Waals surface area contributed by atoms with E-state index in [0.29, 0.717) is 21.9 Å². The minimum atomic E-state index is -0.364. The zero-order valence-electron chi connectivity index (χ0n) is 9.78. The average molecular weight is 267 g/mol. The van der Waals surface area contributed by atoms with Crippen LogP contribution in [0.1, 0.15) is 11.1 Å². The van der Waals surface area contributed by atoms with Crippen LogP contribution in [-0.2, 0) is 6.61 Å². The molecule has 4 heteroatoms. The van der Waals surface area contributed by atoms with Crippen LogP contribution in [-0.4, -0.2) is 5.11 Å². The van der Waals surface area contributed by atoms with Crippen molar-refractivity contribution in [3.05, 3.63) is 58.4 Å². The second kappa shape index (κ2) is 5.27. The fraction of sp³-hybridized carbons (Fsp3) is 0.143. The molecule has 1 N–H and O–H groups in total. The zero-order chi connectivity index (χ0) is 13.1. The summed E-state index contributed by atoms with van der Waals surface area (Å²) in [6.07, 6.45) is 0. The van der Waals surface area contributed by atoms with Crippen molar-refractivity contribution in [2.75, 3.05) is 0 Å². The van der Waals surface area contributed by atoms with Gasteiger partial charge < -0.3 is 9.84 Å². The minimum Gasteiger partial charge on any atom is -0.508 e. The van der Waals surface area contributed by atoms with E-state index in [0.717, 1.165) is 0 Å². The summed E-state index contributed by atoms with van der Waals surface area (Å²) in [5.74, 6) is 0.311. The molecule has 0 unspecified atom stereocenters. The smallest absolute Gasteiger partial charge is 0.129 e. The monoisotopic (exact) mass is 266 g/mol. The molecular formula is C14H12ClFO2. The average Bonchev–Trinajstić information content (AvgIpc) is 2.35. The lowest BCUT2D eigenvalue weighted by molar-refractivity contribution is 0.296. The van der Waals surface area contributed by atoms with Gasteiger partial charge in [-0.3, -0.25) is 0 Å². The molecule has 18 heavy (non-hydrogen) atoms. The third kappa shape index (κ3) is 2.74. The van der Waals surface area contributed by atoms with Gasteiger partial charge in [0.25, 0.3) is 0 Å². The molecule has 0 saturated carbocycles. The fourth-order valence-corrected chi connectivity index (χ4v) is 1.76. The van der Waals surface area contributed by atoms with Gasteiger partial charge in [-0.2, -0.15) is 0 Å². The van der Waals surface area contributed by atoms with Gasteiger partial charge >= 0.3 is 0 Å². The molecule has 0 aliphatic carbocycles. The summed E-state index contributed by atoms with van der Waals surface area (Å²) < 4.78 is 18.9. The molecule has 0 aliphatic heterocycles. The van der Waals surface area contributed by atoms with Gasteiger partial charge in [0.1, 0.15) is 23.9 Å². The first-order valence-corrected chi connectivity index (χ1v) is 5.81. The van der Waals surface area contributed by atoms with Crippen LogP contribution in [0, 0.1) is 12.7 Å². The summed E-state index contributed by atoms with van der Waals surface area (Å²) >= 11 is 5.79. The summed E-state index contributed by atoms with van der Waals surface area (Å²) in [7, 11) is 0. The standard InChI is InChI=1S/C14H12ClFO2/c1-9-13(17)3-2-4-14(9)18-8-10-7-11(15)5-6-12(10)16/h2-7,17H,8H2,1H3. The van der Waals surface area contributed by atoms with E-state index in [4.69, 9.17) is 16.3 Å². The molecule has 94 valence electrons. The van der Waals surface area contributed by atoms with Gasteiger partial charge in [0.15, 0.2) is 0 Å². The zero-order valence-corrected chi connectivity index (χ0v) is 10.5. The summed E-state index contributed by atoms with van der Waals surface area (Å²) in [5, 5.41) is 9.98. The summed E-state index contributed by atoms with van der Waals surface area (Å²) in [6.45, 7) is 1.80. The fourth-order valence-electron chi connectivity index (χ4n) is 1.57. The number of rotatable bonds is 3. The number of aromatic hydroxyl groups is 1. The van der Waals surface area contributed by atoms with Crippen molar-refractivity contribution in [3.63, 3.8) is 0 Å². The predicted molar refractivity (Wildman–Crippen MR) is 68.6 cm³/mol. The van der Waals surface area contributed by atoms with Crippen molar-refractivity contribution in [1.82, 2.24) is 0 Å². The largest absolute Gasteiger partial charge is 0.508 e. The molecule has 2 rings (SSSR count). The topological polar surface area (TPSA) is 29.5 Å². The quantitative estimate of drug-likeness (QED) is 0.907. The SMILES string of the molecule is Cc1c(O)cccc1OCc1cc(Cl)ccc1F. The van der Waals surface area contributed by atoms with Crippen LogP contribution in [0.2, 0.25) is 5.02 Å². The number of phenolic OH excluding ortho intramolecular Hbond substituents is 1. The third-order valence-corrected chi connectivity index (χ3v) is 2.88. The van der Waals surface area contributed by atoms with E-state index < -0.39 is 0 Å². The predicted octanol–water partition coefficient (Wildman–Crippen LogP) is 4.07. The van der Waals surface area contributed by atoms with Crippen LogP contribution >= 0.6 is 11.6 Å². The molecule has 0 radical (unpaired) electrons. The molecule has 2 aromatic carbocycles. The third-order valence-electron chi connectivity index (χ3n) is 2.65. The molecule has 0 spiro atoms. The number of benzene rings is 2. The van der Waals surface area contributed by atoms with E-state index >= 15 is 0 Å². The van der Waals surface area contributed by atoms with Gasteiger partial charge in [-0.05, 0) is 37.3 Å². The number of hydrogen-bond donors (Lipinski definition) is 1. The van der Waals surface area contributed by atoms with Gasteiger partial charge in [-0.15, -0.1) is 0 Å². The maximum absolute atomic E-state index is 13.5. The Morgan fingerprint density at radius 3 is 2.83 bits per heavy atom. The van der Waals surface area contributed by atoms with Gasteiger partial charge in [-0.1, -0.05) is 17.7 Å². The van der Waals surface area contributed by atoms with Crippen molar-refractivity contribution < 1.29 is 14.2 Å². The Bertz CT molecular complexity index is 568. The Balaban J connectivity index is 2.16. The molecule has 0 atom stereocenters. The molecule has 2 aromatic rings. The van der Waals surface area contributed by atoms with Crippen molar-refractivity contribution >= 4 is 11.6 Å². The second-order valence-corrected chi connectivity index (χ2v) is 4.36. The number of phenols is 1. The molecular weight excluding hydrogens is 255 g/mol. The van der Waals surface area contributed by atoms with E-state index in [1.54, 1.807) is 25.1 Å². The van der Waals surface area contributed by atoms with Crippen LogP contribution in [0.15, 0.2) is 36.4 Å². The first kappa shape index (κ1) is 12.7. The van der Waals surface area contributed by atoms with Crippen LogP contribution in [0.25, 0.3) is 0 Å². The molecule has 0 heterocycles. The lowest BCUT2D eigenvalue weighted by Crippen LogP contribution is -1.99. The van der Waals surface area contributed by atoms with E-state index in [9.17, 15) is 9.50 Å². The number of ether oxygens (including phenoxy) is 1. The highest BCUT2D eigenvalue weighted by Gasteiger charge is 2.07. The first-order valence-electron chi connectivity index (χ1n) is 5.43. The van der Waals surface area contributed by atoms with Crippen molar-refractivity contribution in [2.24, 2.45) is 0 Å². The lowest BCUT2D eigenvalue weighted by atomic mass is 10.2. The van der Waals surface area contributed by atoms with Crippen molar-refractivity contribution in [2.45, 2.75) is 13.5 Å². The Morgan fingerprint density at radius 2 is 2.06 bits per heavy atom. The molecule has 0 saturated heterocycles. The number of hydrogen-bond acceptors (Lipinski definition) is 2. The van der Waals surface area contributed by atoms with Gasteiger partial charge in [0.2, 0.25) is 0 Å². The van der Waals surface area contributed by atoms with Crippen molar-refractivity contribution in [3.8, 4) is 11.5 Å². The molecule has 0 fully saturated rings. The highest BCUT2D eigenvalue weighted by molar-refractivity contribution is 6.30. The van der Waals surface area contributed by atoms with Crippen LogP contribution in [0.3, 0.4) is 0 Å². The van der Waals surface area contributed by atoms with Gasteiger partial charge in [-0.25, -0.2) is 4.39 Å². The van der Waals surface area contributed by atoms with Crippen LogP contribution < -0.4 is 4.74 Å². The first-order chi connectivity index (χ1) is 8.58. The van der Waals surface area contributed by atoms with E-state index in [1.807, 2.05) is 0 Å². The maximum Gasteiger partial charge on any atom is 0.129 e. The number of halogens is 2. The highest BCUT2D eigenvalue weighted by atomic mass is 35.5. The van der Waals surface area contributed by atoms with E-state index in [-0.39, 0.29) is 18.2 Å². The van der Waals surface area contributed by atoms with Crippen LogP contribution in [0.4, 0.5) is 4.39 Å². The summed E-state index contributed by atoms with van der Waals surface area (Å²) in [5.41, 5.74) is 1.00. The molecule has 0 bridgehead atoms. The van der Waals surface area contributed by atoms with Gasteiger partial charge in [0.05, 0.1) is 0 Å². The normalized spacial score (nSPS) is 10.4. The Kier molecular flexibility index (Phi) is 3.72. The Morgan fingerprint density at radius 1 is 1.28 bits per heavy atom. The Labute approximate surface area is 110 Å². The van der Waals surface area contributed by atoms with Gasteiger partial charge in [0, 0.05) is 16.1 Å². The minimum absolute atomic E-state index is 0.0662. The second-order valence-electron chi connectivity index (χ2n) is 3.92. The van der Waals surface area contributed by atoms with Crippen molar-refractivity contribution in [1.29, 1.82) is 0 Å². The van der Waals surface area contributed by atoms with E-state index in [2.05, 4.69) is 0 Å². The molecule has 0 aliphatic rings. The van der Waals surface area contributed by atoms with E-state index in [1.165, 1.54) is 18.2 Å². The summed E-state index contributed by atoms with van der Waals surface area (Å²) in [4.78, 5) is 0. The highest BCUT2D eigenvalue weighted by Crippen LogP contribution is 2.27. The lowest BCUT2D eigenvalue weighted by Gasteiger charge is -2.10. The van der Waals surface area contributed by atoms with Crippen LogP contribution in [0.5, 0.6) is 11.5 Å².